The van der Waals surface area contributed by atoms with E-state index < -0.39 is 5.41 Å². The Morgan fingerprint density at radius 2 is 0.873 bits per heavy atom. The van der Waals surface area contributed by atoms with E-state index in [0.29, 0.717) is 17.5 Å². The SMILES string of the molecule is c1ccc(-c2nc(-c3ccc4ccc5ccccc5c4c3)nc(-c3cccc4c5c(ccc34)-c3ccccc3C5(c3ccccc3)c3ccccc3)n2)cc1. The molecule has 0 atom stereocenters. The van der Waals surface area contributed by atoms with Crippen molar-refractivity contribution >= 4 is 32.3 Å². The normalized spacial score (nSPS) is 12.9. The Morgan fingerprint density at radius 1 is 0.309 bits per heavy atom. The zero-order chi connectivity index (χ0) is 36.3. The van der Waals surface area contributed by atoms with Crippen molar-refractivity contribution in [3.63, 3.8) is 0 Å². The molecule has 11 rings (SSSR count). The molecule has 0 radical (unpaired) electrons. The molecule has 0 spiro atoms. The van der Waals surface area contributed by atoms with Crippen molar-refractivity contribution in [1.29, 1.82) is 0 Å². The number of nitrogens with zero attached hydrogens (tertiary/aromatic N) is 3. The van der Waals surface area contributed by atoms with Gasteiger partial charge in [0.15, 0.2) is 17.5 Å². The van der Waals surface area contributed by atoms with Gasteiger partial charge in [0.2, 0.25) is 0 Å². The molecule has 0 saturated carbocycles. The summed E-state index contributed by atoms with van der Waals surface area (Å²) in [4.78, 5) is 15.7. The summed E-state index contributed by atoms with van der Waals surface area (Å²) >= 11 is 0. The summed E-state index contributed by atoms with van der Waals surface area (Å²) in [5.74, 6) is 1.94. The van der Waals surface area contributed by atoms with E-state index in [1.807, 2.05) is 18.2 Å². The Hall–Kier alpha value is -7.23. The van der Waals surface area contributed by atoms with Crippen LogP contribution in [0.3, 0.4) is 0 Å². The van der Waals surface area contributed by atoms with E-state index in [1.165, 1.54) is 60.3 Å². The minimum Gasteiger partial charge on any atom is -0.208 e. The molecule has 0 unspecified atom stereocenters. The molecule has 0 saturated heterocycles. The zero-order valence-corrected chi connectivity index (χ0v) is 29.9. The lowest BCUT2D eigenvalue weighted by atomic mass is 9.66. The van der Waals surface area contributed by atoms with Gasteiger partial charge in [0, 0.05) is 16.7 Å². The quantitative estimate of drug-likeness (QED) is 0.168. The summed E-state index contributed by atoms with van der Waals surface area (Å²) in [6.45, 7) is 0. The van der Waals surface area contributed by atoms with Crippen LogP contribution in [-0.4, -0.2) is 15.0 Å². The predicted octanol–water partition coefficient (Wildman–Crippen LogP) is 12.7. The Balaban J connectivity index is 1.19. The van der Waals surface area contributed by atoms with Gasteiger partial charge >= 0.3 is 0 Å². The van der Waals surface area contributed by atoms with Gasteiger partial charge in [0.25, 0.3) is 0 Å². The van der Waals surface area contributed by atoms with Crippen LogP contribution in [0.5, 0.6) is 0 Å². The highest BCUT2D eigenvalue weighted by Gasteiger charge is 2.47. The number of fused-ring (bicyclic) bond motifs is 8. The molecular weight excluding hydrogens is 667 g/mol. The molecule has 0 fully saturated rings. The van der Waals surface area contributed by atoms with E-state index in [4.69, 9.17) is 15.0 Å². The highest BCUT2D eigenvalue weighted by Crippen LogP contribution is 2.58. The molecule has 55 heavy (non-hydrogen) atoms. The third kappa shape index (κ3) is 4.80. The molecule has 10 aromatic rings. The lowest BCUT2D eigenvalue weighted by Crippen LogP contribution is -2.28. The molecule has 0 amide bonds. The fourth-order valence-electron chi connectivity index (χ4n) is 8.99. The molecule has 3 heteroatoms. The van der Waals surface area contributed by atoms with E-state index in [0.717, 1.165) is 22.1 Å². The van der Waals surface area contributed by atoms with E-state index in [9.17, 15) is 0 Å². The van der Waals surface area contributed by atoms with Crippen molar-refractivity contribution in [2.24, 2.45) is 0 Å². The van der Waals surface area contributed by atoms with Crippen LogP contribution < -0.4 is 0 Å². The second-order valence-corrected chi connectivity index (χ2v) is 14.3. The number of benzene rings is 9. The van der Waals surface area contributed by atoms with Crippen LogP contribution in [0.1, 0.15) is 22.3 Å². The molecule has 1 aliphatic rings. The summed E-state index contributed by atoms with van der Waals surface area (Å²) in [5.41, 5.74) is 9.90. The third-order valence-corrected chi connectivity index (χ3v) is 11.4. The first kappa shape index (κ1) is 31.3. The summed E-state index contributed by atoms with van der Waals surface area (Å²) in [5, 5.41) is 7.07. The Kier molecular flexibility index (Phi) is 7.08. The van der Waals surface area contributed by atoms with Gasteiger partial charge in [-0.05, 0) is 71.8 Å². The van der Waals surface area contributed by atoms with Gasteiger partial charge < -0.3 is 0 Å². The number of aromatic nitrogens is 3. The second kappa shape index (κ2) is 12.4. The van der Waals surface area contributed by atoms with Crippen molar-refractivity contribution in [1.82, 2.24) is 15.0 Å². The molecule has 1 aromatic heterocycles. The number of hydrogen-bond donors (Lipinski definition) is 0. The zero-order valence-electron chi connectivity index (χ0n) is 29.9. The van der Waals surface area contributed by atoms with Gasteiger partial charge in [-0.2, -0.15) is 0 Å². The number of rotatable bonds is 5. The lowest BCUT2D eigenvalue weighted by Gasteiger charge is -2.34. The summed E-state index contributed by atoms with van der Waals surface area (Å²) in [6.07, 6.45) is 0. The molecule has 1 aliphatic carbocycles. The largest absolute Gasteiger partial charge is 0.208 e. The Bertz CT molecular complexity index is 3040. The molecule has 1 heterocycles. The van der Waals surface area contributed by atoms with Gasteiger partial charge in [-0.3, -0.25) is 0 Å². The van der Waals surface area contributed by atoms with Crippen LogP contribution in [0.4, 0.5) is 0 Å². The van der Waals surface area contributed by atoms with Gasteiger partial charge in [-0.15, -0.1) is 0 Å². The van der Waals surface area contributed by atoms with Crippen LogP contribution in [0.15, 0.2) is 200 Å². The van der Waals surface area contributed by atoms with E-state index in [2.05, 4.69) is 182 Å². The molecule has 9 aromatic carbocycles. The molecule has 3 nitrogen and oxygen atoms in total. The van der Waals surface area contributed by atoms with Gasteiger partial charge in [-0.1, -0.05) is 194 Å². The van der Waals surface area contributed by atoms with Crippen molar-refractivity contribution in [3.8, 4) is 45.3 Å². The molecule has 0 N–H and O–H groups in total. The first-order chi connectivity index (χ1) is 27.3. The first-order valence-corrected chi connectivity index (χ1v) is 18.8. The fraction of sp³-hybridized carbons (Fsp3) is 0.0192. The maximum atomic E-state index is 5.30. The van der Waals surface area contributed by atoms with E-state index >= 15 is 0 Å². The van der Waals surface area contributed by atoms with Gasteiger partial charge in [0.05, 0.1) is 5.41 Å². The summed E-state index contributed by atoms with van der Waals surface area (Å²) < 4.78 is 0. The average Bonchev–Trinajstić information content (AvgIpc) is 3.58. The molecule has 0 aliphatic heterocycles. The van der Waals surface area contributed by atoms with Crippen LogP contribution in [0.2, 0.25) is 0 Å². The standard InChI is InChI=1S/C52H33N3/c1-4-16-36(17-5-1)49-53-50(37-30-29-35-28-27-34-15-10-11-22-40(34)46(35)33-37)55-51(54-49)45-25-14-24-43-41(45)31-32-44-42-23-12-13-26-47(42)52(48(43)44,38-18-6-2-7-19-38)39-20-8-3-9-21-39/h1-33H. The fourth-order valence-corrected chi connectivity index (χ4v) is 8.99. The van der Waals surface area contributed by atoms with Gasteiger partial charge in [-0.25, -0.2) is 15.0 Å². The minimum absolute atomic E-state index is 0.528. The third-order valence-electron chi connectivity index (χ3n) is 11.4. The second-order valence-electron chi connectivity index (χ2n) is 14.3. The average molecular weight is 700 g/mol. The van der Waals surface area contributed by atoms with Crippen LogP contribution in [-0.2, 0) is 5.41 Å². The summed E-state index contributed by atoms with van der Waals surface area (Å²) in [6, 6.07) is 71.7. The van der Waals surface area contributed by atoms with Crippen LogP contribution in [0.25, 0.3) is 77.6 Å². The van der Waals surface area contributed by atoms with Crippen molar-refractivity contribution < 1.29 is 0 Å². The maximum absolute atomic E-state index is 5.30. The molecule has 0 bridgehead atoms. The van der Waals surface area contributed by atoms with Crippen molar-refractivity contribution in [3.05, 3.63) is 222 Å². The highest BCUT2D eigenvalue weighted by atomic mass is 15.0. The van der Waals surface area contributed by atoms with Crippen molar-refractivity contribution in [2.45, 2.75) is 5.41 Å². The first-order valence-electron chi connectivity index (χ1n) is 18.8. The molecular formula is C52H33N3. The Labute approximate surface area is 319 Å². The highest BCUT2D eigenvalue weighted by molar-refractivity contribution is 6.09. The van der Waals surface area contributed by atoms with Crippen LogP contribution in [0, 0.1) is 0 Å². The topological polar surface area (TPSA) is 38.7 Å². The minimum atomic E-state index is -0.528. The van der Waals surface area contributed by atoms with Crippen LogP contribution >= 0.6 is 0 Å². The van der Waals surface area contributed by atoms with Crippen molar-refractivity contribution in [2.75, 3.05) is 0 Å². The predicted molar refractivity (Wildman–Crippen MR) is 226 cm³/mol. The smallest absolute Gasteiger partial charge is 0.164 e. The lowest BCUT2D eigenvalue weighted by molar-refractivity contribution is 0.775. The number of hydrogen-bond acceptors (Lipinski definition) is 3. The Morgan fingerprint density at radius 3 is 1.64 bits per heavy atom. The maximum Gasteiger partial charge on any atom is 0.164 e. The summed E-state index contributed by atoms with van der Waals surface area (Å²) in [7, 11) is 0. The molecule has 256 valence electrons. The van der Waals surface area contributed by atoms with Gasteiger partial charge in [0.1, 0.15) is 0 Å². The monoisotopic (exact) mass is 699 g/mol. The van der Waals surface area contributed by atoms with E-state index in [-0.39, 0.29) is 0 Å². The van der Waals surface area contributed by atoms with E-state index in [1.54, 1.807) is 0 Å².